The molecule has 1 atom stereocenters. The van der Waals surface area contributed by atoms with E-state index in [1.807, 2.05) is 6.92 Å². The lowest BCUT2D eigenvalue weighted by Gasteiger charge is -2.38. The fourth-order valence-electron chi connectivity index (χ4n) is 2.26. The third-order valence-corrected chi connectivity index (χ3v) is 3.00. The number of carbonyl (C=O) groups is 1. The molecule has 2 N–H and O–H groups in total. The highest BCUT2D eigenvalue weighted by molar-refractivity contribution is 6.08. The van der Waals surface area contributed by atoms with Gasteiger partial charge in [0, 0.05) is 13.2 Å². The molecule has 2 heterocycles. The van der Waals surface area contributed by atoms with E-state index in [0.29, 0.717) is 19.0 Å². The zero-order chi connectivity index (χ0) is 10.2. The second kappa shape index (κ2) is 3.24. The molecule has 1 spiro atoms. The zero-order valence-electron chi connectivity index (χ0n) is 8.30. The van der Waals surface area contributed by atoms with Gasteiger partial charge >= 0.3 is 6.03 Å². The lowest BCUT2D eigenvalue weighted by Crippen LogP contribution is -2.54. The van der Waals surface area contributed by atoms with E-state index in [0.717, 1.165) is 19.4 Å². The first-order chi connectivity index (χ1) is 6.70. The molecular formula is C9H15N3O2. The van der Waals surface area contributed by atoms with Gasteiger partial charge in [0.15, 0.2) is 0 Å². The number of ether oxygens (including phenoxy) is 1. The van der Waals surface area contributed by atoms with E-state index in [1.165, 1.54) is 0 Å². The molecule has 0 bridgehead atoms. The Morgan fingerprint density at radius 3 is 3.07 bits per heavy atom. The molecule has 0 aromatic rings. The van der Waals surface area contributed by atoms with E-state index in [1.54, 1.807) is 4.90 Å². The Balaban J connectivity index is 2.29. The van der Waals surface area contributed by atoms with Crippen LogP contribution in [0.2, 0.25) is 0 Å². The van der Waals surface area contributed by atoms with Crippen molar-refractivity contribution >= 4 is 11.9 Å². The lowest BCUT2D eigenvalue weighted by molar-refractivity contribution is 0.0128. The maximum absolute atomic E-state index is 11.5. The minimum atomic E-state index is -0.496. The topological polar surface area (TPSA) is 65.4 Å². The molecule has 0 aliphatic carbocycles. The van der Waals surface area contributed by atoms with Gasteiger partial charge in [-0.25, -0.2) is 4.79 Å². The van der Waals surface area contributed by atoms with E-state index in [9.17, 15) is 4.79 Å². The number of hydrogen-bond acceptors (Lipinski definition) is 3. The summed E-state index contributed by atoms with van der Waals surface area (Å²) in [5.41, 5.74) is -0.496. The van der Waals surface area contributed by atoms with Crippen LogP contribution in [0.4, 0.5) is 4.79 Å². The van der Waals surface area contributed by atoms with Crippen LogP contribution in [0.25, 0.3) is 0 Å². The summed E-state index contributed by atoms with van der Waals surface area (Å²) < 4.78 is 5.38. The standard InChI is InChI=1S/C9H15N3O2/c1-2-12-8(13)11-7(10)9(12)4-3-5-14-6-9/h2-6H2,1H3,(H2,10,11,13). The minimum absolute atomic E-state index is 0.164. The molecule has 14 heavy (non-hydrogen) atoms. The summed E-state index contributed by atoms with van der Waals surface area (Å²) in [6.45, 7) is 3.74. The number of nitrogens with zero attached hydrogens (tertiary/aromatic N) is 1. The third-order valence-electron chi connectivity index (χ3n) is 3.00. The second-order valence-corrected chi connectivity index (χ2v) is 3.74. The summed E-state index contributed by atoms with van der Waals surface area (Å²) >= 11 is 0. The average Bonchev–Trinajstić information content (AvgIpc) is 2.40. The molecule has 0 saturated carbocycles. The highest BCUT2D eigenvalue weighted by Gasteiger charge is 2.50. The van der Waals surface area contributed by atoms with E-state index >= 15 is 0 Å². The monoisotopic (exact) mass is 197 g/mol. The fraction of sp³-hybridized carbons (Fsp3) is 0.778. The number of hydrogen-bond donors (Lipinski definition) is 2. The first-order valence-corrected chi connectivity index (χ1v) is 4.96. The third kappa shape index (κ3) is 1.12. The van der Waals surface area contributed by atoms with E-state index < -0.39 is 5.54 Å². The smallest absolute Gasteiger partial charge is 0.323 e. The van der Waals surface area contributed by atoms with Crippen LogP contribution in [-0.4, -0.2) is 42.1 Å². The van der Waals surface area contributed by atoms with Crippen molar-refractivity contribution in [2.45, 2.75) is 25.3 Å². The Morgan fingerprint density at radius 2 is 2.50 bits per heavy atom. The molecule has 2 amide bonds. The van der Waals surface area contributed by atoms with Crippen LogP contribution < -0.4 is 5.32 Å². The van der Waals surface area contributed by atoms with E-state index in [2.05, 4.69) is 5.32 Å². The normalized spacial score (nSPS) is 32.5. The van der Waals surface area contributed by atoms with Gasteiger partial charge in [0.2, 0.25) is 0 Å². The van der Waals surface area contributed by atoms with Crippen LogP contribution in [0.5, 0.6) is 0 Å². The maximum atomic E-state index is 11.5. The SMILES string of the molecule is CCN1C(=O)NC(=N)C12CCCOC2. The molecule has 2 aliphatic heterocycles. The van der Waals surface area contributed by atoms with Crippen molar-refractivity contribution in [3.8, 4) is 0 Å². The fourth-order valence-corrected chi connectivity index (χ4v) is 2.26. The summed E-state index contributed by atoms with van der Waals surface area (Å²) in [6.07, 6.45) is 1.74. The highest BCUT2D eigenvalue weighted by Crippen LogP contribution is 2.30. The van der Waals surface area contributed by atoms with Crippen molar-refractivity contribution in [3.05, 3.63) is 0 Å². The van der Waals surface area contributed by atoms with Crippen LogP contribution >= 0.6 is 0 Å². The molecular weight excluding hydrogens is 182 g/mol. The van der Waals surface area contributed by atoms with Gasteiger partial charge in [0.25, 0.3) is 0 Å². The zero-order valence-corrected chi connectivity index (χ0v) is 8.30. The molecule has 5 heteroatoms. The summed E-state index contributed by atoms with van der Waals surface area (Å²) in [6, 6.07) is -0.164. The lowest BCUT2D eigenvalue weighted by atomic mass is 9.90. The number of likely N-dealkylation sites (N-methyl/N-ethyl adjacent to an activating group) is 1. The van der Waals surface area contributed by atoms with Crippen molar-refractivity contribution in [1.82, 2.24) is 10.2 Å². The second-order valence-electron chi connectivity index (χ2n) is 3.74. The minimum Gasteiger partial charge on any atom is -0.379 e. The number of amides is 2. The number of carbonyl (C=O) groups excluding carboxylic acids is 1. The molecule has 0 aromatic carbocycles. The summed E-state index contributed by atoms with van der Waals surface area (Å²) in [4.78, 5) is 13.2. The number of amidine groups is 1. The van der Waals surface area contributed by atoms with Crippen molar-refractivity contribution in [2.75, 3.05) is 19.8 Å². The molecule has 2 rings (SSSR count). The van der Waals surface area contributed by atoms with Gasteiger partial charge in [-0.3, -0.25) is 10.7 Å². The quantitative estimate of drug-likeness (QED) is 0.645. The predicted molar refractivity (Wildman–Crippen MR) is 51.4 cm³/mol. The van der Waals surface area contributed by atoms with Crippen molar-refractivity contribution in [2.24, 2.45) is 0 Å². The van der Waals surface area contributed by atoms with Gasteiger partial charge in [0.1, 0.15) is 11.4 Å². The molecule has 5 nitrogen and oxygen atoms in total. The Hall–Kier alpha value is -1.10. The summed E-state index contributed by atoms with van der Waals surface area (Å²) in [5, 5.41) is 10.4. The first-order valence-electron chi connectivity index (χ1n) is 4.96. The van der Waals surface area contributed by atoms with Crippen LogP contribution in [0.1, 0.15) is 19.8 Å². The number of rotatable bonds is 1. The van der Waals surface area contributed by atoms with E-state index in [4.69, 9.17) is 10.1 Å². The van der Waals surface area contributed by atoms with Gasteiger partial charge < -0.3 is 9.64 Å². The van der Waals surface area contributed by atoms with Gasteiger partial charge in [-0.1, -0.05) is 0 Å². The number of nitrogens with one attached hydrogen (secondary N) is 2. The molecule has 0 aromatic heterocycles. The average molecular weight is 197 g/mol. The summed E-state index contributed by atoms with van der Waals surface area (Å²) in [7, 11) is 0. The van der Waals surface area contributed by atoms with E-state index in [-0.39, 0.29) is 6.03 Å². The van der Waals surface area contributed by atoms with Gasteiger partial charge in [-0.05, 0) is 19.8 Å². The first kappa shape index (κ1) is 9.45. The van der Waals surface area contributed by atoms with Crippen LogP contribution in [-0.2, 0) is 4.74 Å². The van der Waals surface area contributed by atoms with Crippen LogP contribution in [0.15, 0.2) is 0 Å². The van der Waals surface area contributed by atoms with Gasteiger partial charge in [0.05, 0.1) is 6.61 Å². The largest absolute Gasteiger partial charge is 0.379 e. The highest BCUT2D eigenvalue weighted by atomic mass is 16.5. The Bertz CT molecular complexity index is 271. The van der Waals surface area contributed by atoms with Crippen LogP contribution in [0, 0.1) is 5.41 Å². The molecule has 2 aliphatic rings. The Morgan fingerprint density at radius 1 is 1.71 bits per heavy atom. The Labute approximate surface area is 82.9 Å². The van der Waals surface area contributed by atoms with Crippen molar-refractivity contribution in [1.29, 1.82) is 5.41 Å². The molecule has 0 radical (unpaired) electrons. The number of urea groups is 1. The molecule has 1 unspecified atom stereocenters. The predicted octanol–water partition coefficient (Wildman–Crippen LogP) is 0.558. The molecule has 2 fully saturated rings. The summed E-state index contributed by atoms with van der Waals surface area (Å²) in [5.74, 6) is 0.295. The van der Waals surface area contributed by atoms with Crippen molar-refractivity contribution in [3.63, 3.8) is 0 Å². The van der Waals surface area contributed by atoms with Crippen LogP contribution in [0.3, 0.4) is 0 Å². The van der Waals surface area contributed by atoms with Gasteiger partial charge in [-0.15, -0.1) is 0 Å². The van der Waals surface area contributed by atoms with Crippen molar-refractivity contribution < 1.29 is 9.53 Å². The van der Waals surface area contributed by atoms with Gasteiger partial charge in [-0.2, -0.15) is 0 Å². The molecule has 2 saturated heterocycles. The maximum Gasteiger partial charge on any atom is 0.323 e. The Kier molecular flexibility index (Phi) is 2.19. The molecule has 78 valence electrons.